The highest BCUT2D eigenvalue weighted by Gasteiger charge is 2.49. The van der Waals surface area contributed by atoms with E-state index in [1.165, 1.54) is 31.4 Å². The topological polar surface area (TPSA) is 124 Å². The maximum Gasteiger partial charge on any atom is 0.530 e. The predicted molar refractivity (Wildman–Crippen MR) is 93.6 cm³/mol. The molecule has 0 saturated carbocycles. The fraction of sp³-hybridized carbons (Fsp3) is 0.471. The highest BCUT2D eigenvalue weighted by Crippen LogP contribution is 2.56. The fourth-order valence-electron chi connectivity index (χ4n) is 2.28. The molecule has 0 spiro atoms. The number of amides is 1. The largest absolute Gasteiger partial charge is 0.530 e. The normalized spacial score (nSPS) is 23.7. The number of rotatable bonds is 6. The zero-order chi connectivity index (χ0) is 20.1. The van der Waals surface area contributed by atoms with Crippen molar-refractivity contribution in [3.8, 4) is 11.8 Å². The van der Waals surface area contributed by atoms with Crippen molar-refractivity contribution < 1.29 is 32.5 Å². The minimum absolute atomic E-state index is 0.00525. The van der Waals surface area contributed by atoms with Crippen molar-refractivity contribution in [3.63, 3.8) is 0 Å². The Morgan fingerprint density at radius 2 is 2.04 bits per heavy atom. The lowest BCUT2D eigenvalue weighted by molar-refractivity contribution is -0.142. The van der Waals surface area contributed by atoms with Gasteiger partial charge in [-0.1, -0.05) is 13.8 Å². The van der Waals surface area contributed by atoms with Gasteiger partial charge >= 0.3 is 13.8 Å². The van der Waals surface area contributed by atoms with Crippen LogP contribution in [-0.4, -0.2) is 38.2 Å². The molecule has 1 unspecified atom stereocenters. The number of ether oxygens (including phenoxy) is 1. The zero-order valence-electron chi connectivity index (χ0n) is 15.3. The third-order valence-corrected chi connectivity index (χ3v) is 5.18. The first-order valence-electron chi connectivity index (χ1n) is 8.16. The van der Waals surface area contributed by atoms with Gasteiger partial charge in [-0.25, -0.2) is 4.57 Å². The van der Waals surface area contributed by atoms with Gasteiger partial charge in [-0.05, 0) is 24.3 Å². The number of nitriles is 1. The van der Waals surface area contributed by atoms with Crippen molar-refractivity contribution in [2.24, 2.45) is 5.41 Å². The van der Waals surface area contributed by atoms with E-state index in [4.69, 9.17) is 18.8 Å². The number of hydrogen-bond donors (Lipinski definition) is 1. The summed E-state index contributed by atoms with van der Waals surface area (Å²) in [6.45, 7) is 3.48. The summed E-state index contributed by atoms with van der Waals surface area (Å²) < 4.78 is 33.3. The Bertz CT molecular complexity index is 785. The summed E-state index contributed by atoms with van der Waals surface area (Å²) in [6, 6.07) is 7.85. The van der Waals surface area contributed by atoms with Crippen molar-refractivity contribution in [1.82, 2.24) is 5.32 Å². The summed E-state index contributed by atoms with van der Waals surface area (Å²) in [5.41, 5.74) is -0.354. The highest BCUT2D eigenvalue weighted by atomic mass is 31.2. The Kier molecular flexibility index (Phi) is 6.60. The molecular formula is C17H21N2O7P. The number of benzene rings is 1. The predicted octanol–water partition coefficient (Wildman–Crippen LogP) is 2.17. The Hall–Kier alpha value is -2.40. The second-order valence-corrected chi connectivity index (χ2v) is 8.09. The van der Waals surface area contributed by atoms with Crippen LogP contribution in [0.2, 0.25) is 0 Å². The molecule has 0 bridgehead atoms. The lowest BCUT2D eigenvalue weighted by Crippen LogP contribution is -2.50. The molecule has 9 nitrogen and oxygen atoms in total. The molecule has 10 heteroatoms. The zero-order valence-corrected chi connectivity index (χ0v) is 16.2. The molecule has 0 aromatic heterocycles. The van der Waals surface area contributed by atoms with Gasteiger partial charge in [0.25, 0.3) is 5.91 Å². The van der Waals surface area contributed by atoms with E-state index in [1.807, 2.05) is 6.07 Å². The summed E-state index contributed by atoms with van der Waals surface area (Å²) >= 11 is 0. The average molecular weight is 396 g/mol. The quantitative estimate of drug-likeness (QED) is 0.573. The maximum atomic E-state index is 12.8. The second kappa shape index (κ2) is 8.53. The molecule has 0 radical (unpaired) electrons. The van der Waals surface area contributed by atoms with E-state index < -0.39 is 31.2 Å². The number of phosphoric ester groups is 1. The number of hydrogen-bond acceptors (Lipinski definition) is 8. The van der Waals surface area contributed by atoms with Crippen LogP contribution in [0.3, 0.4) is 0 Å². The molecule has 1 amide bonds. The standard InChI is InChI=1S/C17H21N2O7P/c1-17(2)11-24-27(22,25-13-6-4-12(10-18)5-7-13)26-15(17)16(21)19-9-8-14(20)23-3/h4-7,15H,8-9,11H2,1-3H3,(H,19,21)/t15-,27?/m0/s1. The van der Waals surface area contributed by atoms with E-state index in [0.717, 1.165) is 0 Å². The minimum atomic E-state index is -4.04. The SMILES string of the molecule is COC(=O)CCNC(=O)[C@@H]1OP(=O)(Oc2ccc(C#N)cc2)OCC1(C)C. The van der Waals surface area contributed by atoms with Crippen LogP contribution >= 0.6 is 7.82 Å². The molecule has 1 heterocycles. The Morgan fingerprint density at radius 1 is 1.37 bits per heavy atom. The van der Waals surface area contributed by atoms with Crippen LogP contribution in [0.5, 0.6) is 5.75 Å². The minimum Gasteiger partial charge on any atom is -0.469 e. The van der Waals surface area contributed by atoms with Gasteiger partial charge in [-0.3, -0.25) is 18.6 Å². The van der Waals surface area contributed by atoms with Gasteiger partial charge in [-0.2, -0.15) is 5.26 Å². The van der Waals surface area contributed by atoms with E-state index in [0.29, 0.717) is 5.56 Å². The lowest BCUT2D eigenvalue weighted by Gasteiger charge is -2.39. The maximum absolute atomic E-state index is 12.8. The molecule has 0 aliphatic carbocycles. The Morgan fingerprint density at radius 3 is 2.63 bits per heavy atom. The molecule has 27 heavy (non-hydrogen) atoms. The first kappa shape index (κ1) is 20.9. The molecule has 1 aromatic carbocycles. The Labute approximate surface area is 157 Å². The van der Waals surface area contributed by atoms with Gasteiger partial charge in [0.1, 0.15) is 5.75 Å². The first-order chi connectivity index (χ1) is 12.7. The first-order valence-corrected chi connectivity index (χ1v) is 9.62. The van der Waals surface area contributed by atoms with Crippen LogP contribution in [0.1, 0.15) is 25.8 Å². The molecule has 1 N–H and O–H groups in total. The smallest absolute Gasteiger partial charge is 0.469 e. The third-order valence-electron chi connectivity index (χ3n) is 3.83. The van der Waals surface area contributed by atoms with Gasteiger partial charge in [-0.15, -0.1) is 0 Å². The monoisotopic (exact) mass is 396 g/mol. The van der Waals surface area contributed by atoms with Crippen LogP contribution in [0, 0.1) is 16.7 Å². The van der Waals surface area contributed by atoms with E-state index >= 15 is 0 Å². The van der Waals surface area contributed by atoms with Crippen molar-refractivity contribution in [2.75, 3.05) is 20.3 Å². The molecule has 1 saturated heterocycles. The van der Waals surface area contributed by atoms with Gasteiger partial charge in [0, 0.05) is 12.0 Å². The molecule has 1 fully saturated rings. The van der Waals surface area contributed by atoms with E-state index in [9.17, 15) is 14.2 Å². The molecule has 2 atom stereocenters. The Balaban J connectivity index is 2.05. The van der Waals surface area contributed by atoms with Crippen molar-refractivity contribution >= 4 is 19.7 Å². The average Bonchev–Trinajstić information content (AvgIpc) is 2.64. The number of carbonyl (C=O) groups is 2. The van der Waals surface area contributed by atoms with Gasteiger partial charge in [0.05, 0.1) is 31.8 Å². The summed E-state index contributed by atoms with van der Waals surface area (Å²) in [4.78, 5) is 23.6. The number of phosphoric acid groups is 1. The molecule has 1 aromatic rings. The van der Waals surface area contributed by atoms with E-state index in [1.54, 1.807) is 13.8 Å². The van der Waals surface area contributed by atoms with Crippen LogP contribution in [0.4, 0.5) is 0 Å². The van der Waals surface area contributed by atoms with E-state index in [2.05, 4.69) is 10.1 Å². The third kappa shape index (κ3) is 5.54. The fourth-order valence-corrected chi connectivity index (χ4v) is 3.94. The summed E-state index contributed by atoms with van der Waals surface area (Å²) in [5, 5.41) is 11.4. The van der Waals surface area contributed by atoms with Crippen LogP contribution in [0.25, 0.3) is 0 Å². The molecule has 1 aliphatic rings. The number of esters is 1. The van der Waals surface area contributed by atoms with Gasteiger partial charge in [0.2, 0.25) is 0 Å². The van der Waals surface area contributed by atoms with Crippen molar-refractivity contribution in [3.05, 3.63) is 29.8 Å². The number of nitrogens with one attached hydrogen (secondary N) is 1. The van der Waals surface area contributed by atoms with Crippen molar-refractivity contribution in [2.45, 2.75) is 26.4 Å². The van der Waals surface area contributed by atoms with Crippen LogP contribution in [0.15, 0.2) is 24.3 Å². The summed E-state index contributed by atoms with van der Waals surface area (Å²) in [6.07, 6.45) is -1.10. The number of carbonyl (C=O) groups excluding carboxylic acids is 2. The van der Waals surface area contributed by atoms with E-state index in [-0.39, 0.29) is 25.3 Å². The number of methoxy groups -OCH3 is 1. The van der Waals surface area contributed by atoms with Crippen LogP contribution in [-0.2, 0) is 27.9 Å². The summed E-state index contributed by atoms with van der Waals surface area (Å²) in [5.74, 6) is -0.810. The molecule has 146 valence electrons. The summed E-state index contributed by atoms with van der Waals surface area (Å²) in [7, 11) is -2.79. The molecule has 2 rings (SSSR count). The van der Waals surface area contributed by atoms with Gasteiger partial charge < -0.3 is 14.6 Å². The highest BCUT2D eigenvalue weighted by molar-refractivity contribution is 7.49. The molecular weight excluding hydrogens is 375 g/mol. The number of nitrogens with zero attached hydrogens (tertiary/aromatic N) is 1. The molecule has 1 aliphatic heterocycles. The van der Waals surface area contributed by atoms with Crippen LogP contribution < -0.4 is 9.84 Å². The van der Waals surface area contributed by atoms with Crippen molar-refractivity contribution in [1.29, 1.82) is 5.26 Å². The second-order valence-electron chi connectivity index (χ2n) is 6.54. The van der Waals surface area contributed by atoms with Gasteiger partial charge in [0.15, 0.2) is 6.10 Å². The lowest BCUT2D eigenvalue weighted by atomic mass is 9.87.